The first-order valence-corrected chi connectivity index (χ1v) is 7.49. The molecule has 0 aliphatic heterocycles. The minimum absolute atomic E-state index is 0.250. The number of hydrogen-bond acceptors (Lipinski definition) is 5. The van der Waals surface area contributed by atoms with Crippen LogP contribution in [0.3, 0.4) is 0 Å². The summed E-state index contributed by atoms with van der Waals surface area (Å²) in [5.41, 5.74) is 7.69. The van der Waals surface area contributed by atoms with Crippen molar-refractivity contribution in [2.75, 3.05) is 19.0 Å². The van der Waals surface area contributed by atoms with Crippen LogP contribution >= 0.6 is 0 Å². The Labute approximate surface area is 140 Å². The quantitative estimate of drug-likeness (QED) is 0.787. The van der Waals surface area contributed by atoms with Gasteiger partial charge in [-0.25, -0.2) is 5.06 Å². The standard InChI is InChI=1S/C17H20N4O3/c1-3-21(24-2)17(23)15(18)12-4-6-13(7-5-12)16(22)20-14-8-10-19-11-9-14/h4-11,15H,3,18H2,1-2H3,(H,19,20,22). The van der Waals surface area contributed by atoms with Gasteiger partial charge in [-0.3, -0.25) is 19.4 Å². The normalized spacial score (nSPS) is 11.6. The summed E-state index contributed by atoms with van der Waals surface area (Å²) in [6.07, 6.45) is 3.19. The third-order valence-electron chi connectivity index (χ3n) is 3.49. The lowest BCUT2D eigenvalue weighted by atomic mass is 10.0. The van der Waals surface area contributed by atoms with E-state index in [1.54, 1.807) is 55.7 Å². The molecule has 24 heavy (non-hydrogen) atoms. The van der Waals surface area contributed by atoms with Gasteiger partial charge in [-0.05, 0) is 36.8 Å². The molecular formula is C17H20N4O3. The summed E-state index contributed by atoms with van der Waals surface area (Å²) in [6.45, 7) is 2.19. The van der Waals surface area contributed by atoms with Crippen LogP contribution in [0.4, 0.5) is 5.69 Å². The third kappa shape index (κ3) is 4.15. The summed E-state index contributed by atoms with van der Waals surface area (Å²) in [5, 5.41) is 3.95. The van der Waals surface area contributed by atoms with Gasteiger partial charge >= 0.3 is 0 Å². The molecule has 0 radical (unpaired) electrons. The Morgan fingerprint density at radius 3 is 2.38 bits per heavy atom. The number of anilines is 1. The zero-order chi connectivity index (χ0) is 17.5. The monoisotopic (exact) mass is 328 g/mol. The molecule has 1 unspecified atom stereocenters. The molecule has 0 spiro atoms. The molecule has 7 nitrogen and oxygen atoms in total. The van der Waals surface area contributed by atoms with E-state index in [2.05, 4.69) is 10.3 Å². The van der Waals surface area contributed by atoms with Crippen molar-refractivity contribution < 1.29 is 14.4 Å². The summed E-state index contributed by atoms with van der Waals surface area (Å²) < 4.78 is 0. The van der Waals surface area contributed by atoms with E-state index in [1.807, 2.05) is 0 Å². The highest BCUT2D eigenvalue weighted by atomic mass is 16.7. The Hall–Kier alpha value is -2.77. The first kappa shape index (κ1) is 17.6. The van der Waals surface area contributed by atoms with Crippen LogP contribution in [0.1, 0.15) is 28.9 Å². The molecule has 3 N–H and O–H groups in total. The average molecular weight is 328 g/mol. The van der Waals surface area contributed by atoms with Crippen LogP contribution in [0, 0.1) is 0 Å². The van der Waals surface area contributed by atoms with Crippen LogP contribution in [0.15, 0.2) is 48.8 Å². The lowest BCUT2D eigenvalue weighted by molar-refractivity contribution is -0.176. The zero-order valence-corrected chi connectivity index (χ0v) is 13.6. The molecule has 2 aromatic rings. The van der Waals surface area contributed by atoms with E-state index in [1.165, 1.54) is 12.2 Å². The molecule has 0 aliphatic carbocycles. The van der Waals surface area contributed by atoms with Gasteiger partial charge in [0.1, 0.15) is 6.04 Å². The molecule has 0 saturated carbocycles. The van der Waals surface area contributed by atoms with Gasteiger partial charge in [0.15, 0.2) is 0 Å². The van der Waals surface area contributed by atoms with Crippen LogP contribution in [-0.2, 0) is 9.63 Å². The van der Waals surface area contributed by atoms with Crippen molar-refractivity contribution in [1.29, 1.82) is 0 Å². The predicted molar refractivity (Wildman–Crippen MR) is 90.0 cm³/mol. The van der Waals surface area contributed by atoms with E-state index in [4.69, 9.17) is 10.6 Å². The SMILES string of the molecule is CCN(OC)C(=O)C(N)c1ccc(C(=O)Nc2ccncc2)cc1. The van der Waals surface area contributed by atoms with Crippen molar-refractivity contribution in [3.05, 3.63) is 59.9 Å². The van der Waals surface area contributed by atoms with E-state index in [9.17, 15) is 9.59 Å². The molecular weight excluding hydrogens is 308 g/mol. The number of hydroxylamine groups is 2. The Bertz CT molecular complexity index is 685. The number of benzene rings is 1. The molecule has 0 aliphatic rings. The fourth-order valence-corrected chi connectivity index (χ4v) is 2.15. The number of carbonyl (C=O) groups is 2. The minimum atomic E-state index is -0.845. The Morgan fingerprint density at radius 2 is 1.83 bits per heavy atom. The van der Waals surface area contributed by atoms with Crippen LogP contribution in [-0.4, -0.2) is 35.5 Å². The molecule has 0 saturated heterocycles. The highest BCUT2D eigenvalue weighted by Gasteiger charge is 2.21. The number of rotatable bonds is 6. The number of likely N-dealkylation sites (N-methyl/N-ethyl adjacent to an activating group) is 1. The van der Waals surface area contributed by atoms with Gasteiger partial charge in [0.05, 0.1) is 7.11 Å². The molecule has 1 heterocycles. The van der Waals surface area contributed by atoms with Crippen LogP contribution in [0.5, 0.6) is 0 Å². The smallest absolute Gasteiger partial charge is 0.267 e. The number of nitrogens with two attached hydrogens (primary N) is 1. The second-order valence-electron chi connectivity index (χ2n) is 5.01. The van der Waals surface area contributed by atoms with E-state index in [0.29, 0.717) is 23.4 Å². The first-order chi connectivity index (χ1) is 11.6. The molecule has 0 bridgehead atoms. The van der Waals surface area contributed by atoms with Crippen molar-refractivity contribution in [1.82, 2.24) is 10.0 Å². The van der Waals surface area contributed by atoms with Crippen molar-refractivity contribution >= 4 is 17.5 Å². The zero-order valence-electron chi connectivity index (χ0n) is 13.6. The number of pyridine rings is 1. The van der Waals surface area contributed by atoms with E-state index >= 15 is 0 Å². The molecule has 1 aromatic heterocycles. The van der Waals surface area contributed by atoms with Crippen molar-refractivity contribution in [3.63, 3.8) is 0 Å². The third-order valence-corrected chi connectivity index (χ3v) is 3.49. The summed E-state index contributed by atoms with van der Waals surface area (Å²) in [6, 6.07) is 9.13. The lowest BCUT2D eigenvalue weighted by Crippen LogP contribution is -2.37. The Balaban J connectivity index is 2.07. The molecule has 0 fully saturated rings. The molecule has 1 aromatic carbocycles. The Morgan fingerprint density at radius 1 is 1.21 bits per heavy atom. The first-order valence-electron chi connectivity index (χ1n) is 7.49. The van der Waals surface area contributed by atoms with Gasteiger partial charge < -0.3 is 11.1 Å². The summed E-state index contributed by atoms with van der Waals surface area (Å²) in [4.78, 5) is 33.2. The van der Waals surface area contributed by atoms with Gasteiger partial charge in [0.25, 0.3) is 11.8 Å². The fourth-order valence-electron chi connectivity index (χ4n) is 2.15. The van der Waals surface area contributed by atoms with Crippen molar-refractivity contribution in [2.45, 2.75) is 13.0 Å². The lowest BCUT2D eigenvalue weighted by Gasteiger charge is -2.21. The maximum absolute atomic E-state index is 12.2. The topological polar surface area (TPSA) is 97.5 Å². The fraction of sp³-hybridized carbons (Fsp3) is 0.235. The van der Waals surface area contributed by atoms with Gasteiger partial charge in [0, 0.05) is 30.2 Å². The van der Waals surface area contributed by atoms with Gasteiger partial charge in [0.2, 0.25) is 0 Å². The summed E-state index contributed by atoms with van der Waals surface area (Å²) in [7, 11) is 1.42. The van der Waals surface area contributed by atoms with Crippen LogP contribution in [0.25, 0.3) is 0 Å². The largest absolute Gasteiger partial charge is 0.322 e. The predicted octanol–water partition coefficient (Wildman–Crippen LogP) is 1.74. The number of nitrogens with one attached hydrogen (secondary N) is 1. The number of hydrogen-bond donors (Lipinski definition) is 2. The molecule has 2 amide bonds. The molecule has 126 valence electrons. The molecule has 7 heteroatoms. The van der Waals surface area contributed by atoms with Crippen molar-refractivity contribution in [2.24, 2.45) is 5.73 Å². The number of carbonyl (C=O) groups excluding carboxylic acids is 2. The number of amides is 2. The summed E-state index contributed by atoms with van der Waals surface area (Å²) in [5.74, 6) is -0.589. The maximum atomic E-state index is 12.2. The molecule has 1 atom stereocenters. The second-order valence-corrected chi connectivity index (χ2v) is 5.01. The Kier molecular flexibility index (Phi) is 6.00. The average Bonchev–Trinajstić information content (AvgIpc) is 2.63. The van der Waals surface area contributed by atoms with E-state index < -0.39 is 6.04 Å². The van der Waals surface area contributed by atoms with Crippen LogP contribution in [0.2, 0.25) is 0 Å². The van der Waals surface area contributed by atoms with Gasteiger partial charge in [-0.1, -0.05) is 12.1 Å². The van der Waals surface area contributed by atoms with Gasteiger partial charge in [-0.2, -0.15) is 0 Å². The maximum Gasteiger partial charge on any atom is 0.267 e. The number of nitrogens with zero attached hydrogens (tertiary/aromatic N) is 2. The number of aromatic nitrogens is 1. The van der Waals surface area contributed by atoms with Crippen molar-refractivity contribution in [3.8, 4) is 0 Å². The summed E-state index contributed by atoms with van der Waals surface area (Å²) >= 11 is 0. The minimum Gasteiger partial charge on any atom is -0.322 e. The second kappa shape index (κ2) is 8.19. The highest BCUT2D eigenvalue weighted by Crippen LogP contribution is 2.15. The van der Waals surface area contributed by atoms with E-state index in [-0.39, 0.29) is 11.8 Å². The highest BCUT2D eigenvalue weighted by molar-refractivity contribution is 6.04. The molecule has 2 rings (SSSR count). The van der Waals surface area contributed by atoms with Crippen LogP contribution < -0.4 is 11.1 Å². The van der Waals surface area contributed by atoms with E-state index in [0.717, 1.165) is 0 Å². The van der Waals surface area contributed by atoms with Gasteiger partial charge in [-0.15, -0.1) is 0 Å².